The van der Waals surface area contributed by atoms with Gasteiger partial charge in [-0.2, -0.15) is 13.2 Å². The highest BCUT2D eigenvalue weighted by Gasteiger charge is 2.36. The Morgan fingerprint density at radius 1 is 1.36 bits per heavy atom. The molecule has 1 aromatic rings. The zero-order valence-corrected chi connectivity index (χ0v) is 11.5. The lowest BCUT2D eigenvalue weighted by Crippen LogP contribution is -2.45. The van der Waals surface area contributed by atoms with Crippen molar-refractivity contribution in [1.82, 2.24) is 5.32 Å². The minimum atomic E-state index is -4.75. The number of carbonyl (C=O) groups excluding carboxylic acids is 1. The van der Waals surface area contributed by atoms with Crippen LogP contribution in [0.4, 0.5) is 17.6 Å². The van der Waals surface area contributed by atoms with Crippen molar-refractivity contribution in [2.45, 2.75) is 18.6 Å². The molecule has 1 atom stereocenters. The number of carboxylic acid groups (broad SMARTS) is 1. The number of aliphatic carboxylic acids is 1. The first-order valence-corrected chi connectivity index (χ1v) is 6.13. The lowest BCUT2D eigenvalue weighted by molar-refractivity contribution is -0.160. The minimum Gasteiger partial charge on any atom is -0.484 e. The topological polar surface area (TPSA) is 75.6 Å². The van der Waals surface area contributed by atoms with Crippen LogP contribution in [0.5, 0.6) is 5.75 Å². The first-order chi connectivity index (χ1) is 10.1. The molecule has 1 amide bonds. The molecule has 1 rings (SSSR count). The molecule has 0 saturated heterocycles. The fourth-order valence-electron chi connectivity index (χ4n) is 1.38. The maximum atomic E-state index is 12.9. The molecule has 0 heterocycles. The Balaban J connectivity index is 2.56. The summed E-state index contributed by atoms with van der Waals surface area (Å²) in [5.41, 5.74) is 0. The Kier molecular flexibility index (Phi) is 5.98. The molecule has 0 radical (unpaired) electrons. The molecule has 0 fully saturated rings. The highest BCUT2D eigenvalue weighted by atomic mass is 35.5. The van der Waals surface area contributed by atoms with Crippen molar-refractivity contribution in [2.75, 3.05) is 6.61 Å². The van der Waals surface area contributed by atoms with Crippen LogP contribution in [0.3, 0.4) is 0 Å². The number of hydrogen-bond donors (Lipinski definition) is 2. The standard InChI is InChI=1S/C12H10ClF4NO4/c13-7-3-6(1-2-8(7)14)22-5-10(19)18-9(11(20)21)4-12(15,16)17/h1-3,9H,4-5H2,(H,18,19)(H,20,21). The monoisotopic (exact) mass is 343 g/mol. The third kappa shape index (κ3) is 6.17. The summed E-state index contributed by atoms with van der Waals surface area (Å²) in [7, 11) is 0. The van der Waals surface area contributed by atoms with Crippen molar-refractivity contribution in [1.29, 1.82) is 0 Å². The van der Waals surface area contributed by atoms with Crippen LogP contribution < -0.4 is 10.1 Å². The summed E-state index contributed by atoms with van der Waals surface area (Å²) in [5, 5.41) is 10.0. The third-order valence-electron chi connectivity index (χ3n) is 2.33. The van der Waals surface area contributed by atoms with Crippen LogP contribution in [-0.4, -0.2) is 35.8 Å². The summed E-state index contributed by atoms with van der Waals surface area (Å²) in [6.45, 7) is -0.746. The average molecular weight is 344 g/mol. The summed E-state index contributed by atoms with van der Waals surface area (Å²) in [6, 6.07) is 1.07. The van der Waals surface area contributed by atoms with Gasteiger partial charge in [0.05, 0.1) is 11.4 Å². The van der Waals surface area contributed by atoms with E-state index < -0.39 is 42.9 Å². The maximum absolute atomic E-state index is 12.9. The molecule has 1 aromatic carbocycles. The van der Waals surface area contributed by atoms with Crippen molar-refractivity contribution in [3.8, 4) is 5.75 Å². The number of carbonyl (C=O) groups is 2. The van der Waals surface area contributed by atoms with Crippen LogP contribution in [-0.2, 0) is 9.59 Å². The number of ether oxygens (including phenoxy) is 1. The molecule has 1 unspecified atom stereocenters. The van der Waals surface area contributed by atoms with E-state index in [1.807, 2.05) is 0 Å². The Morgan fingerprint density at radius 2 is 2.00 bits per heavy atom. The van der Waals surface area contributed by atoms with Gasteiger partial charge in [0.2, 0.25) is 0 Å². The summed E-state index contributed by atoms with van der Waals surface area (Å²) < 4.78 is 54.2. The predicted molar refractivity (Wildman–Crippen MR) is 67.1 cm³/mol. The van der Waals surface area contributed by atoms with Crippen LogP contribution in [0, 0.1) is 5.82 Å². The number of nitrogens with one attached hydrogen (secondary N) is 1. The van der Waals surface area contributed by atoms with Gasteiger partial charge in [-0.1, -0.05) is 11.6 Å². The molecular formula is C12H10ClF4NO4. The van der Waals surface area contributed by atoms with E-state index in [0.29, 0.717) is 0 Å². The molecule has 2 N–H and O–H groups in total. The fourth-order valence-corrected chi connectivity index (χ4v) is 1.55. The molecule has 0 aliphatic heterocycles. The zero-order chi connectivity index (χ0) is 16.9. The van der Waals surface area contributed by atoms with E-state index in [1.54, 1.807) is 5.32 Å². The number of hydrogen-bond acceptors (Lipinski definition) is 3. The van der Waals surface area contributed by atoms with E-state index in [2.05, 4.69) is 0 Å². The molecule has 22 heavy (non-hydrogen) atoms. The Morgan fingerprint density at radius 3 is 2.50 bits per heavy atom. The number of amides is 1. The van der Waals surface area contributed by atoms with Gasteiger partial charge in [0.25, 0.3) is 5.91 Å². The first-order valence-electron chi connectivity index (χ1n) is 5.75. The van der Waals surface area contributed by atoms with Gasteiger partial charge < -0.3 is 15.2 Å². The van der Waals surface area contributed by atoms with Gasteiger partial charge in [0.1, 0.15) is 17.6 Å². The molecule has 0 aromatic heterocycles. The van der Waals surface area contributed by atoms with Crippen LogP contribution >= 0.6 is 11.6 Å². The minimum absolute atomic E-state index is 0.00393. The number of alkyl halides is 3. The van der Waals surface area contributed by atoms with E-state index in [9.17, 15) is 27.2 Å². The molecule has 122 valence electrons. The van der Waals surface area contributed by atoms with Crippen LogP contribution in [0.15, 0.2) is 18.2 Å². The van der Waals surface area contributed by atoms with Gasteiger partial charge in [-0.15, -0.1) is 0 Å². The van der Waals surface area contributed by atoms with Gasteiger partial charge in [0.15, 0.2) is 6.61 Å². The van der Waals surface area contributed by atoms with Crippen molar-refractivity contribution < 1.29 is 37.0 Å². The number of rotatable bonds is 6. The van der Waals surface area contributed by atoms with Gasteiger partial charge in [-0.3, -0.25) is 4.79 Å². The number of carboxylic acids is 1. The van der Waals surface area contributed by atoms with Gasteiger partial charge >= 0.3 is 12.1 Å². The largest absolute Gasteiger partial charge is 0.484 e. The van der Waals surface area contributed by atoms with Crippen molar-refractivity contribution >= 4 is 23.5 Å². The highest BCUT2D eigenvalue weighted by molar-refractivity contribution is 6.30. The smallest absolute Gasteiger partial charge is 0.391 e. The Bertz CT molecular complexity index is 565. The Labute approximate surface area is 126 Å². The van der Waals surface area contributed by atoms with E-state index >= 15 is 0 Å². The van der Waals surface area contributed by atoms with Crippen molar-refractivity contribution in [3.63, 3.8) is 0 Å². The van der Waals surface area contributed by atoms with Crippen LogP contribution in [0.2, 0.25) is 5.02 Å². The average Bonchev–Trinajstić information content (AvgIpc) is 2.38. The van der Waals surface area contributed by atoms with Crippen LogP contribution in [0.1, 0.15) is 6.42 Å². The summed E-state index contributed by atoms with van der Waals surface area (Å²) in [6.07, 6.45) is -6.46. The number of halogens is 5. The maximum Gasteiger partial charge on any atom is 0.391 e. The van der Waals surface area contributed by atoms with E-state index in [-0.39, 0.29) is 10.8 Å². The third-order valence-corrected chi connectivity index (χ3v) is 2.62. The second-order valence-corrected chi connectivity index (χ2v) is 4.55. The van der Waals surface area contributed by atoms with Crippen molar-refractivity contribution in [3.05, 3.63) is 29.0 Å². The number of benzene rings is 1. The molecule has 0 saturated carbocycles. The normalized spacial score (nSPS) is 12.6. The molecule has 0 aliphatic carbocycles. The Hall–Kier alpha value is -2.03. The summed E-state index contributed by atoms with van der Waals surface area (Å²) >= 11 is 5.47. The molecule has 10 heteroatoms. The van der Waals surface area contributed by atoms with Gasteiger partial charge in [-0.05, 0) is 12.1 Å². The fraction of sp³-hybridized carbons (Fsp3) is 0.333. The molecule has 0 spiro atoms. The quantitative estimate of drug-likeness (QED) is 0.778. The molecule has 0 bridgehead atoms. The second kappa shape index (κ2) is 7.30. The highest BCUT2D eigenvalue weighted by Crippen LogP contribution is 2.22. The first kappa shape index (κ1) is 18.0. The second-order valence-electron chi connectivity index (χ2n) is 4.14. The van der Waals surface area contributed by atoms with E-state index in [0.717, 1.165) is 18.2 Å². The van der Waals surface area contributed by atoms with Gasteiger partial charge in [0, 0.05) is 6.07 Å². The van der Waals surface area contributed by atoms with Crippen LogP contribution in [0.25, 0.3) is 0 Å². The van der Waals surface area contributed by atoms with Gasteiger partial charge in [-0.25, -0.2) is 9.18 Å². The molecule has 5 nitrogen and oxygen atoms in total. The zero-order valence-electron chi connectivity index (χ0n) is 10.8. The van der Waals surface area contributed by atoms with Crippen molar-refractivity contribution in [2.24, 2.45) is 0 Å². The lowest BCUT2D eigenvalue weighted by atomic mass is 10.2. The predicted octanol–water partition coefficient (Wildman–Crippen LogP) is 2.38. The lowest BCUT2D eigenvalue weighted by Gasteiger charge is -2.16. The summed E-state index contributed by atoms with van der Waals surface area (Å²) in [5.74, 6) is -3.61. The SMILES string of the molecule is O=C(COc1ccc(F)c(Cl)c1)NC(CC(F)(F)F)C(=O)O. The van der Waals surface area contributed by atoms with E-state index in [4.69, 9.17) is 21.4 Å². The summed E-state index contributed by atoms with van der Waals surface area (Å²) in [4.78, 5) is 22.0. The molecular weight excluding hydrogens is 334 g/mol. The molecule has 0 aliphatic rings. The van der Waals surface area contributed by atoms with E-state index in [1.165, 1.54) is 0 Å².